The third-order valence-corrected chi connectivity index (χ3v) is 9.05. The second kappa shape index (κ2) is 12.9. The van der Waals surface area contributed by atoms with Crippen molar-refractivity contribution in [1.82, 2.24) is 0 Å². The number of nitrogen functional groups attached to an aromatic ring is 3. The molecule has 0 aliphatic heterocycles. The Kier molecular flexibility index (Phi) is 8.68. The van der Waals surface area contributed by atoms with Crippen LogP contribution in [0, 0.1) is 0 Å². The predicted octanol–water partition coefficient (Wildman–Crippen LogP) is 6.56. The van der Waals surface area contributed by atoms with E-state index in [4.69, 9.17) is 17.2 Å². The molecule has 50 heavy (non-hydrogen) atoms. The highest BCUT2D eigenvalue weighted by molar-refractivity contribution is 7.91. The van der Waals surface area contributed by atoms with Gasteiger partial charge in [-0.2, -0.15) is 27.1 Å². The van der Waals surface area contributed by atoms with Gasteiger partial charge in [0.2, 0.25) is 5.78 Å². The van der Waals surface area contributed by atoms with Crippen molar-refractivity contribution in [2.45, 2.75) is 4.90 Å². The number of nitrogens with zero attached hydrogens (tertiary/aromatic N) is 5. The van der Waals surface area contributed by atoms with Crippen molar-refractivity contribution in [1.29, 1.82) is 0 Å². The van der Waals surface area contributed by atoms with Gasteiger partial charge in [-0.1, -0.05) is 12.1 Å². The van der Waals surface area contributed by atoms with Gasteiger partial charge in [-0.25, -0.2) is 0 Å². The average Bonchev–Trinajstić information content (AvgIpc) is 3.06. The highest BCUT2D eigenvalue weighted by Crippen LogP contribution is 2.38. The lowest BCUT2D eigenvalue weighted by Gasteiger charge is -2.16. The van der Waals surface area contributed by atoms with Crippen molar-refractivity contribution >= 4 is 94.1 Å². The molecule has 0 saturated carbocycles. The van der Waals surface area contributed by atoms with Crippen LogP contribution >= 0.6 is 0 Å². The van der Waals surface area contributed by atoms with Crippen molar-refractivity contribution in [3.63, 3.8) is 0 Å². The first kappa shape index (κ1) is 33.6. The number of nitrogens with two attached hydrogens (primary N) is 3. The van der Waals surface area contributed by atoms with Crippen LogP contribution in [0.25, 0.3) is 16.8 Å². The summed E-state index contributed by atoms with van der Waals surface area (Å²) in [5.41, 5.74) is 22.2. The Morgan fingerprint density at radius 3 is 1.94 bits per heavy atom. The Bertz CT molecular complexity index is 2570. The fourth-order valence-corrected chi connectivity index (χ4v) is 6.04. The van der Waals surface area contributed by atoms with Gasteiger partial charge in [-0.05, 0) is 90.5 Å². The molecule has 5 aromatic rings. The fraction of sp³-hybridized carbons (Fsp3) is 0. The summed E-state index contributed by atoms with van der Waals surface area (Å²) in [5.74, 6) is -0.810. The minimum atomic E-state index is -4.85. The monoisotopic (exact) mass is 711 g/mol. The number of hydrazone groups is 1. The number of azo groups is 2. The van der Waals surface area contributed by atoms with Crippen LogP contribution in [0.4, 0.5) is 45.5 Å². The molecule has 0 heterocycles. The second-order valence-corrected chi connectivity index (χ2v) is 13.6. The first-order chi connectivity index (χ1) is 23.7. The molecular formula is C32H25N9O7S2. The highest BCUT2D eigenvalue weighted by atomic mass is 32.2. The van der Waals surface area contributed by atoms with Crippen LogP contribution in [-0.2, 0) is 20.2 Å². The summed E-state index contributed by atoms with van der Waals surface area (Å²) in [6.45, 7) is 0. The number of allylic oxidation sites excluding steroid dienone is 1. The fourth-order valence-electron chi connectivity index (χ4n) is 4.87. The average molecular weight is 712 g/mol. The van der Waals surface area contributed by atoms with Gasteiger partial charge in [-0.15, -0.1) is 15.3 Å². The lowest BCUT2D eigenvalue weighted by atomic mass is 9.94. The van der Waals surface area contributed by atoms with E-state index in [2.05, 4.69) is 31.0 Å². The molecule has 5 aromatic carbocycles. The Balaban J connectivity index is 1.37. The molecule has 0 amide bonds. The number of ketones is 1. The van der Waals surface area contributed by atoms with Crippen molar-refractivity contribution in [2.24, 2.45) is 25.6 Å². The molecule has 0 atom stereocenters. The zero-order chi connectivity index (χ0) is 35.8. The Hall–Kier alpha value is -6.34. The summed E-state index contributed by atoms with van der Waals surface area (Å²) < 4.78 is 67.8. The van der Waals surface area contributed by atoms with Gasteiger partial charge in [-0.3, -0.25) is 19.3 Å². The molecule has 0 saturated heterocycles. The van der Waals surface area contributed by atoms with Crippen molar-refractivity contribution < 1.29 is 30.7 Å². The van der Waals surface area contributed by atoms with Crippen molar-refractivity contribution in [2.75, 3.05) is 22.6 Å². The molecular weight excluding hydrogens is 687 g/mol. The largest absolute Gasteiger partial charge is 0.399 e. The minimum Gasteiger partial charge on any atom is -0.399 e. The maximum Gasteiger partial charge on any atom is 0.296 e. The number of anilines is 4. The van der Waals surface area contributed by atoms with Crippen LogP contribution in [0.2, 0.25) is 0 Å². The standard InChI is InChI=1S/C32H25N9O7S2/c33-18-2-6-20(7-3-18)36-41-31-30(50(46,47)48)13-17-1-5-21(15-24(17)32(31)42)37-38-27-11-12-28(39-40-29-10-4-19(34)14-26(29)35)25-16-22(49(43,44)45)8-9-23(25)27/h1-16,36H,33-35H2,(H,43,44,45)(H,46,47,48)/b38-37?,40-39?,41-31+. The molecule has 0 fully saturated rings. The number of carbonyl (C=O) groups excluding carboxylic acids is 1. The van der Waals surface area contributed by atoms with E-state index >= 15 is 0 Å². The van der Waals surface area contributed by atoms with Gasteiger partial charge >= 0.3 is 0 Å². The molecule has 18 heteroatoms. The topological polar surface area (TPSA) is 278 Å². The predicted molar refractivity (Wildman–Crippen MR) is 190 cm³/mol. The highest BCUT2D eigenvalue weighted by Gasteiger charge is 2.33. The summed E-state index contributed by atoms with van der Waals surface area (Å²) in [6.07, 6.45) is 1.11. The Morgan fingerprint density at radius 1 is 0.620 bits per heavy atom. The third-order valence-electron chi connectivity index (χ3n) is 7.33. The van der Waals surface area contributed by atoms with E-state index in [-0.39, 0.29) is 39.3 Å². The number of carbonyl (C=O) groups is 1. The quantitative estimate of drug-likeness (QED) is 0.0434. The minimum absolute atomic E-state index is 0.0343. The first-order valence-electron chi connectivity index (χ1n) is 14.3. The van der Waals surface area contributed by atoms with E-state index in [9.17, 15) is 30.7 Å². The molecule has 6 rings (SSSR count). The number of nitrogens with one attached hydrogen (secondary N) is 1. The number of hydrogen-bond acceptors (Lipinski definition) is 14. The molecule has 16 nitrogen and oxygen atoms in total. The summed E-state index contributed by atoms with van der Waals surface area (Å²) in [7, 11) is -9.43. The van der Waals surface area contributed by atoms with Crippen molar-refractivity contribution in [3.8, 4) is 0 Å². The molecule has 0 radical (unpaired) electrons. The van der Waals surface area contributed by atoms with Crippen LogP contribution in [-0.4, -0.2) is 37.4 Å². The van der Waals surface area contributed by atoms with Crippen LogP contribution in [0.3, 0.4) is 0 Å². The zero-order valence-electron chi connectivity index (χ0n) is 25.5. The first-order valence-corrected chi connectivity index (χ1v) is 17.2. The number of hydrogen-bond donors (Lipinski definition) is 6. The van der Waals surface area contributed by atoms with E-state index in [1.807, 2.05) is 0 Å². The lowest BCUT2D eigenvalue weighted by molar-refractivity contribution is 0.106. The molecule has 0 unspecified atom stereocenters. The molecule has 0 bridgehead atoms. The molecule has 0 spiro atoms. The molecule has 1 aliphatic carbocycles. The third kappa shape index (κ3) is 7.08. The molecule has 252 valence electrons. The normalized spacial score (nSPS) is 14.4. The van der Waals surface area contributed by atoms with Gasteiger partial charge in [0.15, 0.2) is 5.71 Å². The number of benzene rings is 5. The number of fused-ring (bicyclic) bond motifs is 2. The van der Waals surface area contributed by atoms with Crippen LogP contribution in [0.15, 0.2) is 126 Å². The molecule has 1 aliphatic rings. The van der Waals surface area contributed by atoms with Gasteiger partial charge in [0, 0.05) is 27.7 Å². The maximum absolute atomic E-state index is 13.5. The SMILES string of the molecule is Nc1ccc(N/N=C2/C(=O)c3cc(N=Nc4ccc(N=Nc5ccc(N)cc5N)c5cc(S(=O)(=O)O)ccc45)ccc3C=C2S(=O)(=O)O)cc1. The number of Topliss-reactive ketones (excluding diaryl/α,β-unsaturated/α-hetero) is 1. The number of rotatable bonds is 8. The molecule has 0 aromatic heterocycles. The van der Waals surface area contributed by atoms with E-state index in [1.54, 1.807) is 42.5 Å². The van der Waals surface area contributed by atoms with E-state index < -0.39 is 41.5 Å². The van der Waals surface area contributed by atoms with E-state index in [1.165, 1.54) is 48.5 Å². The molecule has 9 N–H and O–H groups in total. The van der Waals surface area contributed by atoms with Gasteiger partial charge in [0.05, 0.1) is 33.3 Å². The Labute approximate surface area is 284 Å². The Morgan fingerprint density at radius 2 is 1.26 bits per heavy atom. The van der Waals surface area contributed by atoms with Crippen molar-refractivity contribution in [3.05, 3.63) is 107 Å². The van der Waals surface area contributed by atoms with Gasteiger partial charge in [0.25, 0.3) is 20.2 Å². The summed E-state index contributed by atoms with van der Waals surface area (Å²) in [5, 5.41) is 21.6. The smallest absolute Gasteiger partial charge is 0.296 e. The van der Waals surface area contributed by atoms with Gasteiger partial charge < -0.3 is 17.2 Å². The van der Waals surface area contributed by atoms with Gasteiger partial charge in [0.1, 0.15) is 10.6 Å². The lowest BCUT2D eigenvalue weighted by Crippen LogP contribution is -2.27. The summed E-state index contributed by atoms with van der Waals surface area (Å²) >= 11 is 0. The van der Waals surface area contributed by atoms with Crippen LogP contribution in [0.1, 0.15) is 15.9 Å². The summed E-state index contributed by atoms with van der Waals surface area (Å²) in [6, 6.07) is 22.1. The second-order valence-electron chi connectivity index (χ2n) is 10.8. The van der Waals surface area contributed by atoms with Crippen LogP contribution in [0.5, 0.6) is 0 Å². The van der Waals surface area contributed by atoms with E-state index in [0.29, 0.717) is 28.1 Å². The van der Waals surface area contributed by atoms with Crippen LogP contribution < -0.4 is 22.6 Å². The maximum atomic E-state index is 13.5. The van der Waals surface area contributed by atoms with E-state index in [0.717, 1.165) is 6.08 Å². The summed E-state index contributed by atoms with van der Waals surface area (Å²) in [4.78, 5) is 12.4. The zero-order valence-corrected chi connectivity index (χ0v) is 27.1.